The van der Waals surface area contributed by atoms with Crippen LogP contribution in [0.15, 0.2) is 24.3 Å². The van der Waals surface area contributed by atoms with E-state index in [0.717, 1.165) is 51.0 Å². The molecular formula is C22H34N2O2. The number of carbonyl (C=O) groups excluding carboxylic acids is 2. The van der Waals surface area contributed by atoms with Crippen molar-refractivity contribution >= 4 is 11.7 Å². The Labute approximate surface area is 158 Å². The molecule has 4 heteroatoms. The van der Waals surface area contributed by atoms with Gasteiger partial charge in [-0.3, -0.25) is 9.59 Å². The molecule has 1 aromatic carbocycles. The molecule has 1 aliphatic rings. The fourth-order valence-electron chi connectivity index (χ4n) is 3.56. The van der Waals surface area contributed by atoms with Gasteiger partial charge in [0.25, 0.3) is 0 Å². The Morgan fingerprint density at radius 2 is 1.77 bits per heavy atom. The van der Waals surface area contributed by atoms with Crippen LogP contribution >= 0.6 is 0 Å². The summed E-state index contributed by atoms with van der Waals surface area (Å²) in [4.78, 5) is 26.7. The highest BCUT2D eigenvalue weighted by molar-refractivity contribution is 5.98. The first-order valence-electron chi connectivity index (χ1n) is 10.1. The van der Waals surface area contributed by atoms with Gasteiger partial charge >= 0.3 is 0 Å². The second-order valence-corrected chi connectivity index (χ2v) is 7.85. The predicted octanol–water partition coefficient (Wildman–Crippen LogP) is 3.70. The number of Topliss-reactive ketones (excluding diaryl/α,β-unsaturated/α-hetero) is 1. The van der Waals surface area contributed by atoms with E-state index in [2.05, 4.69) is 26.1 Å². The number of piperidine rings is 1. The van der Waals surface area contributed by atoms with E-state index in [4.69, 9.17) is 0 Å². The summed E-state index contributed by atoms with van der Waals surface area (Å²) in [7, 11) is 0. The molecule has 1 heterocycles. The molecule has 2 rings (SSSR count). The predicted molar refractivity (Wildman–Crippen MR) is 106 cm³/mol. The third-order valence-corrected chi connectivity index (χ3v) is 5.14. The van der Waals surface area contributed by atoms with Crippen LogP contribution in [-0.2, 0) is 11.2 Å². The lowest BCUT2D eigenvalue weighted by Gasteiger charge is -2.32. The highest BCUT2D eigenvalue weighted by atomic mass is 16.2. The van der Waals surface area contributed by atoms with E-state index in [0.29, 0.717) is 24.7 Å². The number of likely N-dealkylation sites (tertiary alicyclic amines) is 1. The number of rotatable bonds is 9. The van der Waals surface area contributed by atoms with E-state index in [-0.39, 0.29) is 11.7 Å². The molecule has 1 amide bonds. The van der Waals surface area contributed by atoms with Crippen molar-refractivity contribution in [3.63, 3.8) is 0 Å². The smallest absolute Gasteiger partial charge is 0.223 e. The Morgan fingerprint density at radius 1 is 1.12 bits per heavy atom. The van der Waals surface area contributed by atoms with E-state index in [1.807, 2.05) is 29.2 Å². The Balaban J connectivity index is 1.74. The van der Waals surface area contributed by atoms with Crippen LogP contribution in [0.1, 0.15) is 62.4 Å². The quantitative estimate of drug-likeness (QED) is 0.685. The third kappa shape index (κ3) is 6.56. The van der Waals surface area contributed by atoms with Crippen LogP contribution in [0.25, 0.3) is 0 Å². The Morgan fingerprint density at radius 3 is 2.35 bits per heavy atom. The van der Waals surface area contributed by atoms with Crippen LogP contribution in [0.4, 0.5) is 0 Å². The molecule has 0 unspecified atom stereocenters. The van der Waals surface area contributed by atoms with Crippen LogP contribution in [0.5, 0.6) is 0 Å². The Bertz CT molecular complexity index is 572. The lowest BCUT2D eigenvalue weighted by atomic mass is 9.96. The molecule has 1 saturated heterocycles. The number of hydrogen-bond acceptors (Lipinski definition) is 3. The van der Waals surface area contributed by atoms with E-state index in [9.17, 15) is 9.59 Å². The van der Waals surface area contributed by atoms with Crippen molar-refractivity contribution < 1.29 is 9.59 Å². The molecule has 1 N–H and O–H groups in total. The molecule has 0 aromatic heterocycles. The third-order valence-electron chi connectivity index (χ3n) is 5.14. The highest BCUT2D eigenvalue weighted by Gasteiger charge is 2.22. The number of carbonyl (C=O) groups is 2. The maximum absolute atomic E-state index is 12.4. The van der Waals surface area contributed by atoms with Gasteiger partial charge in [0.15, 0.2) is 5.78 Å². The van der Waals surface area contributed by atoms with Crippen molar-refractivity contribution in [1.29, 1.82) is 0 Å². The van der Waals surface area contributed by atoms with Gasteiger partial charge in [0, 0.05) is 31.5 Å². The van der Waals surface area contributed by atoms with Gasteiger partial charge in [-0.25, -0.2) is 0 Å². The Kier molecular flexibility index (Phi) is 8.30. The minimum atomic E-state index is 0.0662. The van der Waals surface area contributed by atoms with E-state index < -0.39 is 0 Å². The molecule has 0 spiro atoms. The summed E-state index contributed by atoms with van der Waals surface area (Å²) >= 11 is 0. The van der Waals surface area contributed by atoms with Gasteiger partial charge in [-0.2, -0.15) is 0 Å². The summed E-state index contributed by atoms with van der Waals surface area (Å²) in [5.41, 5.74) is 1.97. The first-order chi connectivity index (χ1) is 12.5. The summed E-state index contributed by atoms with van der Waals surface area (Å²) in [5.74, 6) is 1.47. The fraction of sp³-hybridized carbons (Fsp3) is 0.636. The minimum absolute atomic E-state index is 0.0662. The summed E-state index contributed by atoms with van der Waals surface area (Å²) in [6.45, 7) is 10.2. The second kappa shape index (κ2) is 10.5. The van der Waals surface area contributed by atoms with Crippen LogP contribution in [0.3, 0.4) is 0 Å². The summed E-state index contributed by atoms with van der Waals surface area (Å²) in [5, 5.41) is 3.39. The Hall–Kier alpha value is -1.68. The molecule has 0 saturated carbocycles. The van der Waals surface area contributed by atoms with Gasteiger partial charge in [-0.15, -0.1) is 0 Å². The summed E-state index contributed by atoms with van der Waals surface area (Å²) in [6, 6.07) is 7.86. The van der Waals surface area contributed by atoms with Gasteiger partial charge in [-0.05, 0) is 49.8 Å². The lowest BCUT2D eigenvalue weighted by molar-refractivity contribution is -0.132. The number of ketones is 1. The zero-order chi connectivity index (χ0) is 18.9. The topological polar surface area (TPSA) is 49.4 Å². The van der Waals surface area contributed by atoms with Crippen molar-refractivity contribution in [1.82, 2.24) is 10.2 Å². The average molecular weight is 359 g/mol. The van der Waals surface area contributed by atoms with E-state index in [1.54, 1.807) is 0 Å². The highest BCUT2D eigenvalue weighted by Crippen LogP contribution is 2.18. The summed E-state index contributed by atoms with van der Waals surface area (Å²) < 4.78 is 0. The number of benzene rings is 1. The van der Waals surface area contributed by atoms with Crippen molar-refractivity contribution in [2.45, 2.75) is 52.9 Å². The molecule has 1 aliphatic heterocycles. The molecule has 26 heavy (non-hydrogen) atoms. The zero-order valence-electron chi connectivity index (χ0n) is 16.6. The molecule has 4 nitrogen and oxygen atoms in total. The molecule has 0 atom stereocenters. The zero-order valence-corrected chi connectivity index (χ0v) is 16.6. The van der Waals surface area contributed by atoms with Crippen molar-refractivity contribution in [3.8, 4) is 0 Å². The number of hydrogen-bond donors (Lipinski definition) is 1. The van der Waals surface area contributed by atoms with Gasteiger partial charge < -0.3 is 10.2 Å². The molecule has 0 radical (unpaired) electrons. The fourth-order valence-corrected chi connectivity index (χ4v) is 3.56. The second-order valence-electron chi connectivity index (χ2n) is 7.85. The van der Waals surface area contributed by atoms with Gasteiger partial charge in [0.05, 0.1) is 0 Å². The average Bonchev–Trinajstić information content (AvgIpc) is 2.64. The maximum atomic E-state index is 12.4. The molecule has 0 bridgehead atoms. The van der Waals surface area contributed by atoms with E-state index in [1.165, 1.54) is 5.56 Å². The molecule has 1 aromatic rings. The van der Waals surface area contributed by atoms with Gasteiger partial charge in [0.1, 0.15) is 0 Å². The molecular weight excluding hydrogens is 324 g/mol. The number of nitrogens with one attached hydrogen (secondary N) is 1. The monoisotopic (exact) mass is 358 g/mol. The van der Waals surface area contributed by atoms with Crippen LogP contribution in [0, 0.1) is 11.8 Å². The number of nitrogens with zero attached hydrogens (tertiary/aromatic N) is 1. The van der Waals surface area contributed by atoms with Crippen molar-refractivity contribution in [3.05, 3.63) is 35.4 Å². The normalized spacial score (nSPS) is 15.5. The standard InChI is InChI=1S/C22H34N2O2/c1-4-23-16-19-11-13-24(14-12-19)22(26)10-9-21(25)20-7-5-18(6-8-20)15-17(2)3/h5-8,17,19,23H,4,9-16H2,1-3H3. The van der Waals surface area contributed by atoms with Crippen molar-refractivity contribution in [2.75, 3.05) is 26.2 Å². The summed E-state index contributed by atoms with van der Waals surface area (Å²) in [6.07, 6.45) is 3.77. The van der Waals surface area contributed by atoms with Gasteiger partial charge in [-0.1, -0.05) is 45.0 Å². The first-order valence-corrected chi connectivity index (χ1v) is 10.1. The van der Waals surface area contributed by atoms with Crippen molar-refractivity contribution in [2.24, 2.45) is 11.8 Å². The largest absolute Gasteiger partial charge is 0.343 e. The van der Waals surface area contributed by atoms with E-state index >= 15 is 0 Å². The van der Waals surface area contributed by atoms with Crippen LogP contribution in [0.2, 0.25) is 0 Å². The lowest BCUT2D eigenvalue weighted by Crippen LogP contribution is -2.40. The van der Waals surface area contributed by atoms with Gasteiger partial charge in [0.2, 0.25) is 5.91 Å². The SMILES string of the molecule is CCNCC1CCN(C(=O)CCC(=O)c2ccc(CC(C)C)cc2)CC1. The van der Waals surface area contributed by atoms with Crippen LogP contribution in [-0.4, -0.2) is 42.8 Å². The first kappa shape index (κ1) is 20.6. The molecule has 0 aliphatic carbocycles. The molecule has 1 fully saturated rings. The molecule has 144 valence electrons. The number of amides is 1. The maximum Gasteiger partial charge on any atom is 0.223 e. The van der Waals surface area contributed by atoms with Crippen LogP contribution < -0.4 is 5.32 Å². The minimum Gasteiger partial charge on any atom is -0.343 e.